The van der Waals surface area contributed by atoms with E-state index in [9.17, 15) is 4.79 Å². The van der Waals surface area contributed by atoms with E-state index in [0.717, 1.165) is 5.57 Å². The van der Waals surface area contributed by atoms with Crippen molar-refractivity contribution in [2.45, 2.75) is 13.0 Å². The SMILES string of the molecule is C=C(C)[C@@H]1COCCN1c1nc(-c2ccncn2)cc(=O)n1C. The third kappa shape index (κ3) is 3.00. The second-order valence-corrected chi connectivity index (χ2v) is 5.56. The summed E-state index contributed by atoms with van der Waals surface area (Å²) < 4.78 is 7.09. The van der Waals surface area contributed by atoms with Crippen LogP contribution >= 0.6 is 0 Å². The van der Waals surface area contributed by atoms with Gasteiger partial charge in [0.25, 0.3) is 5.56 Å². The molecule has 1 atom stereocenters. The van der Waals surface area contributed by atoms with Gasteiger partial charge in [-0.25, -0.2) is 15.0 Å². The molecular formula is C16H19N5O2. The van der Waals surface area contributed by atoms with Gasteiger partial charge in [0.1, 0.15) is 6.33 Å². The summed E-state index contributed by atoms with van der Waals surface area (Å²) in [4.78, 5) is 27.2. The Labute approximate surface area is 134 Å². The molecule has 1 saturated heterocycles. The van der Waals surface area contributed by atoms with Crippen LogP contribution in [0.3, 0.4) is 0 Å². The van der Waals surface area contributed by atoms with E-state index in [1.807, 2.05) is 6.92 Å². The number of rotatable bonds is 3. The Hall–Kier alpha value is -2.54. The van der Waals surface area contributed by atoms with Gasteiger partial charge in [-0.2, -0.15) is 0 Å². The van der Waals surface area contributed by atoms with Crippen LogP contribution in [0, 0.1) is 0 Å². The van der Waals surface area contributed by atoms with Crippen LogP contribution < -0.4 is 10.5 Å². The molecule has 0 aliphatic carbocycles. The van der Waals surface area contributed by atoms with Crippen molar-refractivity contribution in [3.8, 4) is 11.4 Å². The molecule has 7 nitrogen and oxygen atoms in total. The third-order valence-electron chi connectivity index (χ3n) is 3.91. The van der Waals surface area contributed by atoms with E-state index >= 15 is 0 Å². The first-order valence-corrected chi connectivity index (χ1v) is 7.42. The highest BCUT2D eigenvalue weighted by molar-refractivity contribution is 5.55. The first-order valence-electron chi connectivity index (χ1n) is 7.42. The van der Waals surface area contributed by atoms with Gasteiger partial charge in [0.15, 0.2) is 0 Å². The Morgan fingerprint density at radius 3 is 2.96 bits per heavy atom. The lowest BCUT2D eigenvalue weighted by molar-refractivity contribution is 0.102. The predicted molar refractivity (Wildman–Crippen MR) is 87.3 cm³/mol. The van der Waals surface area contributed by atoms with E-state index in [4.69, 9.17) is 4.74 Å². The molecule has 1 aliphatic heterocycles. The largest absolute Gasteiger partial charge is 0.377 e. The highest BCUT2D eigenvalue weighted by Crippen LogP contribution is 2.22. The molecule has 0 bridgehead atoms. The van der Waals surface area contributed by atoms with Crippen molar-refractivity contribution in [3.05, 3.63) is 47.2 Å². The molecule has 0 amide bonds. The maximum Gasteiger partial charge on any atom is 0.255 e. The van der Waals surface area contributed by atoms with Gasteiger partial charge in [-0.05, 0) is 13.0 Å². The fourth-order valence-electron chi connectivity index (χ4n) is 2.61. The Morgan fingerprint density at radius 1 is 1.43 bits per heavy atom. The average Bonchev–Trinajstić information content (AvgIpc) is 2.58. The second kappa shape index (κ2) is 6.29. The summed E-state index contributed by atoms with van der Waals surface area (Å²) in [5, 5.41) is 0. The van der Waals surface area contributed by atoms with E-state index in [-0.39, 0.29) is 11.6 Å². The van der Waals surface area contributed by atoms with E-state index in [1.165, 1.54) is 12.4 Å². The minimum absolute atomic E-state index is 0.00231. The monoisotopic (exact) mass is 313 g/mol. The Kier molecular flexibility index (Phi) is 4.20. The van der Waals surface area contributed by atoms with Gasteiger partial charge in [-0.3, -0.25) is 9.36 Å². The zero-order valence-electron chi connectivity index (χ0n) is 13.3. The topological polar surface area (TPSA) is 73.1 Å². The van der Waals surface area contributed by atoms with Gasteiger partial charge in [0, 0.05) is 25.9 Å². The van der Waals surface area contributed by atoms with Crippen LogP contribution in [0.15, 0.2) is 41.6 Å². The van der Waals surface area contributed by atoms with Gasteiger partial charge < -0.3 is 9.64 Å². The van der Waals surface area contributed by atoms with Crippen LogP contribution in [-0.4, -0.2) is 45.3 Å². The van der Waals surface area contributed by atoms with Crippen LogP contribution in [0.5, 0.6) is 0 Å². The third-order valence-corrected chi connectivity index (χ3v) is 3.91. The molecule has 0 radical (unpaired) electrons. The lowest BCUT2D eigenvalue weighted by Gasteiger charge is -2.37. The smallest absolute Gasteiger partial charge is 0.255 e. The summed E-state index contributed by atoms with van der Waals surface area (Å²) in [7, 11) is 1.72. The molecule has 3 heterocycles. The van der Waals surface area contributed by atoms with Crippen LogP contribution in [0.25, 0.3) is 11.4 Å². The molecule has 0 spiro atoms. The Bertz CT molecular complexity index is 772. The summed E-state index contributed by atoms with van der Waals surface area (Å²) in [6, 6.07) is 3.23. The lowest BCUT2D eigenvalue weighted by Crippen LogP contribution is -2.48. The molecule has 23 heavy (non-hydrogen) atoms. The van der Waals surface area contributed by atoms with Gasteiger partial charge in [0.05, 0.1) is 30.6 Å². The number of hydrogen-bond acceptors (Lipinski definition) is 6. The molecule has 1 fully saturated rings. The van der Waals surface area contributed by atoms with Gasteiger partial charge in [0.2, 0.25) is 5.95 Å². The number of morpholine rings is 1. The number of aromatic nitrogens is 4. The van der Waals surface area contributed by atoms with E-state index in [2.05, 4.69) is 26.4 Å². The molecule has 2 aromatic rings. The highest BCUT2D eigenvalue weighted by Gasteiger charge is 2.27. The molecular weight excluding hydrogens is 294 g/mol. The molecule has 0 unspecified atom stereocenters. The first-order chi connectivity index (χ1) is 11.1. The molecule has 0 aromatic carbocycles. The summed E-state index contributed by atoms with van der Waals surface area (Å²) >= 11 is 0. The highest BCUT2D eigenvalue weighted by atomic mass is 16.5. The normalized spacial score (nSPS) is 18.0. The van der Waals surface area contributed by atoms with Gasteiger partial charge >= 0.3 is 0 Å². The standard InChI is InChI=1S/C16H19N5O2/c1-11(2)14-9-23-7-6-21(14)16-19-13(8-15(22)20(16)3)12-4-5-17-10-18-12/h4-5,8,10,14H,1,6-7,9H2,2-3H3/t14-/m0/s1. The van der Waals surface area contributed by atoms with E-state index in [1.54, 1.807) is 23.9 Å². The van der Waals surface area contributed by atoms with Crippen LogP contribution in [0.4, 0.5) is 5.95 Å². The fourth-order valence-corrected chi connectivity index (χ4v) is 2.61. The zero-order valence-corrected chi connectivity index (χ0v) is 13.3. The number of hydrogen-bond donors (Lipinski definition) is 0. The Balaban J connectivity index is 2.09. The maximum atomic E-state index is 12.4. The van der Waals surface area contributed by atoms with Crippen molar-refractivity contribution >= 4 is 5.95 Å². The maximum absolute atomic E-state index is 12.4. The minimum atomic E-state index is -0.129. The Morgan fingerprint density at radius 2 is 2.26 bits per heavy atom. The van der Waals surface area contributed by atoms with E-state index < -0.39 is 0 Å². The quantitative estimate of drug-likeness (QED) is 0.788. The zero-order chi connectivity index (χ0) is 16.4. The van der Waals surface area contributed by atoms with Crippen LogP contribution in [-0.2, 0) is 11.8 Å². The number of anilines is 1. The van der Waals surface area contributed by atoms with Crippen molar-refractivity contribution in [1.82, 2.24) is 19.5 Å². The van der Waals surface area contributed by atoms with Crippen LogP contribution in [0.1, 0.15) is 6.92 Å². The minimum Gasteiger partial charge on any atom is -0.377 e. The summed E-state index contributed by atoms with van der Waals surface area (Å²) in [5.74, 6) is 0.599. The second-order valence-electron chi connectivity index (χ2n) is 5.56. The number of nitrogens with zero attached hydrogens (tertiary/aromatic N) is 5. The molecule has 120 valence electrons. The molecule has 0 saturated carbocycles. The first kappa shape index (κ1) is 15.4. The molecule has 2 aromatic heterocycles. The molecule has 7 heteroatoms. The summed E-state index contributed by atoms with van der Waals surface area (Å²) in [5.41, 5.74) is 2.01. The van der Waals surface area contributed by atoms with E-state index in [0.29, 0.717) is 37.1 Å². The van der Waals surface area contributed by atoms with Gasteiger partial charge in [-0.1, -0.05) is 12.2 Å². The fraction of sp³-hybridized carbons (Fsp3) is 0.375. The van der Waals surface area contributed by atoms with Crippen molar-refractivity contribution in [1.29, 1.82) is 0 Å². The molecule has 0 N–H and O–H groups in total. The van der Waals surface area contributed by atoms with Crippen molar-refractivity contribution in [2.75, 3.05) is 24.7 Å². The van der Waals surface area contributed by atoms with Gasteiger partial charge in [-0.15, -0.1) is 0 Å². The van der Waals surface area contributed by atoms with Crippen molar-refractivity contribution in [2.24, 2.45) is 7.05 Å². The summed E-state index contributed by atoms with van der Waals surface area (Å²) in [6.07, 6.45) is 3.08. The predicted octanol–water partition coefficient (Wildman–Crippen LogP) is 1.02. The van der Waals surface area contributed by atoms with Crippen LogP contribution in [0.2, 0.25) is 0 Å². The van der Waals surface area contributed by atoms with Crippen molar-refractivity contribution < 1.29 is 4.74 Å². The molecule has 1 aliphatic rings. The lowest BCUT2D eigenvalue weighted by atomic mass is 10.1. The number of ether oxygens (including phenoxy) is 1. The molecule has 3 rings (SSSR count). The summed E-state index contributed by atoms with van der Waals surface area (Å²) in [6.45, 7) is 7.78. The average molecular weight is 313 g/mol. The van der Waals surface area contributed by atoms with Crippen molar-refractivity contribution in [3.63, 3.8) is 0 Å².